The third-order valence-corrected chi connectivity index (χ3v) is 14.7. The molecule has 0 spiro atoms. The van der Waals surface area contributed by atoms with Gasteiger partial charge in [-0.3, -0.25) is 18.4 Å². The van der Waals surface area contributed by atoms with Gasteiger partial charge in [-0.1, -0.05) is 96.5 Å². The zero-order chi connectivity index (χ0) is 34.9. The second-order valence-electron chi connectivity index (χ2n) is 18.2. The van der Waals surface area contributed by atoms with E-state index in [1.807, 2.05) is 20.8 Å². The number of hydrogen-bond acceptors (Lipinski definition) is 6. The van der Waals surface area contributed by atoms with E-state index in [1.54, 1.807) is 0 Å². The van der Waals surface area contributed by atoms with Crippen molar-refractivity contribution < 1.29 is 27.7 Å². The van der Waals surface area contributed by atoms with Gasteiger partial charge in [-0.05, 0) is 99.9 Å². The minimum Gasteiger partial charge on any atom is -0.460 e. The van der Waals surface area contributed by atoms with Crippen LogP contribution < -0.4 is 0 Å². The summed E-state index contributed by atoms with van der Waals surface area (Å²) in [6, 6.07) is 8.90. The van der Waals surface area contributed by atoms with Crippen LogP contribution in [-0.4, -0.2) is 47.5 Å². The number of ether oxygens (including phenoxy) is 1. The van der Waals surface area contributed by atoms with E-state index in [9.17, 15) is 9.36 Å². The first kappa shape index (κ1) is 40.7. The summed E-state index contributed by atoms with van der Waals surface area (Å²) < 4.78 is 38.1. The van der Waals surface area contributed by atoms with E-state index in [4.69, 9.17) is 18.3 Å². The fourth-order valence-electron chi connectivity index (χ4n) is 6.98. The Morgan fingerprint density at radius 2 is 1.57 bits per heavy atom. The lowest BCUT2D eigenvalue weighted by Gasteiger charge is -2.32. The quantitative estimate of drug-likeness (QED) is 0.0616. The molecular formula is C38H69O6PSi2. The van der Waals surface area contributed by atoms with Gasteiger partial charge in [0, 0.05) is 21.6 Å². The van der Waals surface area contributed by atoms with Crippen molar-refractivity contribution in [1.29, 1.82) is 0 Å². The number of carbonyl (C=O) groups excluding carboxylic acids is 1. The third-order valence-electron chi connectivity index (χ3n) is 9.87. The lowest BCUT2D eigenvalue weighted by Crippen LogP contribution is -2.32. The number of carbonyl (C=O) groups is 1. The van der Waals surface area contributed by atoms with Gasteiger partial charge >= 0.3 is 13.8 Å². The van der Waals surface area contributed by atoms with Crippen LogP contribution in [0.1, 0.15) is 115 Å². The average molecular weight is 709 g/mol. The van der Waals surface area contributed by atoms with Gasteiger partial charge in [0.2, 0.25) is 0 Å². The molecule has 9 heteroatoms. The summed E-state index contributed by atoms with van der Waals surface area (Å²) in [4.78, 5) is 13.3. The molecule has 0 saturated heterocycles. The Balaban J connectivity index is 1.75. The SMILES string of the molecule is CCCCCC[C@@H]1CCc2cc([C@H]3CC[C@@](COP(=O)(OCC[Si](C)(C)C)OCC[Si](C)(C)C)(CC(=O)OC(C)(C)C)C3)ccc2C1. The maximum Gasteiger partial charge on any atom is 0.474 e. The maximum absolute atomic E-state index is 14.1. The molecule has 1 fully saturated rings. The predicted octanol–water partition coefficient (Wildman–Crippen LogP) is 11.6. The molecule has 1 saturated carbocycles. The highest BCUT2D eigenvalue weighted by Gasteiger charge is 2.45. The Morgan fingerprint density at radius 1 is 0.915 bits per heavy atom. The summed E-state index contributed by atoms with van der Waals surface area (Å²) in [5.74, 6) is 0.899. The van der Waals surface area contributed by atoms with Gasteiger partial charge in [0.25, 0.3) is 0 Å². The van der Waals surface area contributed by atoms with Crippen LogP contribution >= 0.6 is 7.82 Å². The summed E-state index contributed by atoms with van der Waals surface area (Å²) in [5, 5.41) is 0. The number of phosphoric ester groups is 1. The summed E-state index contributed by atoms with van der Waals surface area (Å²) in [7, 11) is -6.62. The molecule has 0 N–H and O–H groups in total. The van der Waals surface area contributed by atoms with Gasteiger partial charge in [0.15, 0.2) is 0 Å². The monoisotopic (exact) mass is 708 g/mol. The molecule has 6 nitrogen and oxygen atoms in total. The molecule has 1 aromatic rings. The number of aryl methyl sites for hydroxylation is 1. The number of rotatable bonds is 19. The molecule has 0 amide bonds. The van der Waals surface area contributed by atoms with Crippen LogP contribution in [-0.2, 0) is 40.5 Å². The molecule has 0 aliphatic heterocycles. The van der Waals surface area contributed by atoms with E-state index in [1.165, 1.54) is 61.6 Å². The van der Waals surface area contributed by atoms with Gasteiger partial charge < -0.3 is 4.74 Å². The summed E-state index contributed by atoms with van der Waals surface area (Å²) in [5.41, 5.74) is 3.32. The van der Waals surface area contributed by atoms with Crippen molar-refractivity contribution in [2.24, 2.45) is 11.3 Å². The lowest BCUT2D eigenvalue weighted by atomic mass is 9.78. The number of benzene rings is 1. The minimum absolute atomic E-state index is 0.157. The fraction of sp³-hybridized carbons (Fsp3) is 0.816. The molecule has 270 valence electrons. The number of esters is 1. The van der Waals surface area contributed by atoms with Crippen molar-refractivity contribution in [3.05, 3.63) is 34.9 Å². The zero-order valence-electron chi connectivity index (χ0n) is 31.8. The molecule has 0 aromatic heterocycles. The van der Waals surface area contributed by atoms with E-state index >= 15 is 0 Å². The standard InChI is InChI=1S/C38H69O6PSi2/c1-11-12-13-14-15-31-16-17-33-27-34(19-18-32(33)26-31)35-20-21-38(28-35,29-36(39)44-37(2,3)4)30-43-45(40,41-22-24-46(5,6)7)42-23-25-47(8,9)10/h18-19,27,31,35H,11-17,20-26,28-30H2,1-10H3/t31-,35+,38+/m1/s1. The van der Waals surface area contributed by atoms with Crippen molar-refractivity contribution in [2.45, 2.75) is 168 Å². The highest BCUT2D eigenvalue weighted by molar-refractivity contribution is 7.48. The summed E-state index contributed by atoms with van der Waals surface area (Å²) in [6.07, 6.45) is 13.1. The Kier molecular flexibility index (Phi) is 15.1. The van der Waals surface area contributed by atoms with Crippen molar-refractivity contribution >= 4 is 29.9 Å². The predicted molar refractivity (Wildman–Crippen MR) is 202 cm³/mol. The van der Waals surface area contributed by atoms with Crippen LogP contribution in [0.3, 0.4) is 0 Å². The Bertz CT molecular complexity index is 1160. The van der Waals surface area contributed by atoms with Crippen molar-refractivity contribution in [1.82, 2.24) is 0 Å². The maximum atomic E-state index is 14.1. The first-order valence-electron chi connectivity index (χ1n) is 18.7. The third kappa shape index (κ3) is 14.9. The highest BCUT2D eigenvalue weighted by Crippen LogP contribution is 2.56. The molecular weight excluding hydrogens is 640 g/mol. The number of phosphoric acid groups is 1. The van der Waals surface area contributed by atoms with Crippen LogP contribution in [0, 0.1) is 11.3 Å². The van der Waals surface area contributed by atoms with Crippen LogP contribution in [0.2, 0.25) is 51.4 Å². The highest BCUT2D eigenvalue weighted by atomic mass is 31.2. The van der Waals surface area contributed by atoms with Crippen LogP contribution in [0.4, 0.5) is 0 Å². The van der Waals surface area contributed by atoms with E-state index in [-0.39, 0.29) is 19.0 Å². The van der Waals surface area contributed by atoms with Crippen molar-refractivity contribution in [2.75, 3.05) is 19.8 Å². The Morgan fingerprint density at radius 3 is 2.17 bits per heavy atom. The van der Waals surface area contributed by atoms with Crippen LogP contribution in [0.15, 0.2) is 18.2 Å². The van der Waals surface area contributed by atoms with Gasteiger partial charge in [-0.2, -0.15) is 0 Å². The van der Waals surface area contributed by atoms with Gasteiger partial charge in [-0.25, -0.2) is 4.57 Å². The fourth-order valence-corrected chi connectivity index (χ4v) is 10.0. The molecule has 3 atom stereocenters. The van der Waals surface area contributed by atoms with E-state index in [0.717, 1.165) is 43.7 Å². The molecule has 2 aliphatic rings. The second kappa shape index (κ2) is 17.4. The molecule has 0 unspecified atom stereocenters. The van der Waals surface area contributed by atoms with Crippen LogP contribution in [0.25, 0.3) is 0 Å². The van der Waals surface area contributed by atoms with Gasteiger partial charge in [0.05, 0.1) is 26.2 Å². The first-order valence-corrected chi connectivity index (χ1v) is 27.5. The average Bonchev–Trinajstić information content (AvgIpc) is 3.35. The lowest BCUT2D eigenvalue weighted by molar-refractivity contribution is -0.158. The van der Waals surface area contributed by atoms with E-state index < -0.39 is 35.0 Å². The number of hydrogen-bond donors (Lipinski definition) is 0. The molecule has 2 aliphatic carbocycles. The molecule has 0 radical (unpaired) electrons. The zero-order valence-corrected chi connectivity index (χ0v) is 34.7. The van der Waals surface area contributed by atoms with Crippen molar-refractivity contribution in [3.8, 4) is 0 Å². The minimum atomic E-state index is -3.80. The normalized spacial score (nSPS) is 22.3. The summed E-state index contributed by atoms with van der Waals surface area (Å²) >= 11 is 0. The van der Waals surface area contributed by atoms with E-state index in [2.05, 4.69) is 64.4 Å². The molecule has 1 aromatic carbocycles. The van der Waals surface area contributed by atoms with Crippen molar-refractivity contribution in [3.63, 3.8) is 0 Å². The topological polar surface area (TPSA) is 71.1 Å². The number of fused-ring (bicyclic) bond motifs is 1. The Hall–Kier alpha value is -0.766. The molecule has 47 heavy (non-hydrogen) atoms. The number of unbranched alkanes of at least 4 members (excludes halogenated alkanes) is 3. The molecule has 3 rings (SSSR count). The smallest absolute Gasteiger partial charge is 0.460 e. The van der Waals surface area contributed by atoms with Gasteiger partial charge in [-0.15, -0.1) is 0 Å². The first-order chi connectivity index (χ1) is 21.8. The molecule has 0 heterocycles. The van der Waals surface area contributed by atoms with Crippen LogP contribution in [0.5, 0.6) is 0 Å². The largest absolute Gasteiger partial charge is 0.474 e. The van der Waals surface area contributed by atoms with Gasteiger partial charge in [0.1, 0.15) is 5.60 Å². The molecule has 0 bridgehead atoms. The van der Waals surface area contributed by atoms with E-state index in [0.29, 0.717) is 19.1 Å². The Labute approximate surface area is 290 Å². The second-order valence-corrected chi connectivity index (χ2v) is 31.1. The summed E-state index contributed by atoms with van der Waals surface area (Å²) in [6.45, 7) is 22.5.